The first-order valence-electron chi connectivity index (χ1n) is 5.78. The Morgan fingerprint density at radius 2 is 2.17 bits per heavy atom. The van der Waals surface area contributed by atoms with E-state index in [9.17, 15) is 4.79 Å². The zero-order valence-electron chi connectivity index (χ0n) is 10.1. The van der Waals surface area contributed by atoms with E-state index >= 15 is 0 Å². The maximum Gasteiger partial charge on any atom is 0.251 e. The summed E-state index contributed by atoms with van der Waals surface area (Å²) in [6.07, 6.45) is 0.846. The van der Waals surface area contributed by atoms with Crippen LogP contribution in [0.15, 0.2) is 18.2 Å². The maximum absolute atomic E-state index is 12.1. The van der Waals surface area contributed by atoms with Crippen molar-refractivity contribution in [3.8, 4) is 5.75 Å². The molecule has 0 fully saturated rings. The van der Waals surface area contributed by atoms with E-state index in [0.717, 1.165) is 17.7 Å². The van der Waals surface area contributed by atoms with E-state index in [0.29, 0.717) is 12.2 Å². The van der Waals surface area contributed by atoms with Gasteiger partial charge in [0, 0.05) is 23.7 Å². The molecule has 1 aliphatic heterocycles. The highest BCUT2D eigenvalue weighted by atomic mass is 35.5. The predicted octanol–water partition coefficient (Wildman–Crippen LogP) is 2.59. The number of amides is 1. The molecule has 1 aliphatic rings. The molecule has 0 aliphatic carbocycles. The molecule has 0 saturated carbocycles. The summed E-state index contributed by atoms with van der Waals surface area (Å²) in [7, 11) is 0. The van der Waals surface area contributed by atoms with Crippen molar-refractivity contribution in [2.75, 3.05) is 18.4 Å². The van der Waals surface area contributed by atoms with Crippen LogP contribution in [0.3, 0.4) is 0 Å². The lowest BCUT2D eigenvalue weighted by molar-refractivity contribution is 0.0921. The topological polar surface area (TPSA) is 38.3 Å². The van der Waals surface area contributed by atoms with E-state index in [1.807, 2.05) is 19.1 Å². The summed E-state index contributed by atoms with van der Waals surface area (Å²) in [6.45, 7) is 2.50. The lowest BCUT2D eigenvalue weighted by Crippen LogP contribution is -2.49. The smallest absolute Gasteiger partial charge is 0.251 e. The van der Waals surface area contributed by atoms with Gasteiger partial charge in [-0.1, -0.05) is 0 Å². The van der Waals surface area contributed by atoms with Gasteiger partial charge in [-0.25, -0.2) is 0 Å². The standard InChI is InChI=1S/C13H15Cl2NO2/c1-13(7-14,8-15)16-12(17)10-2-3-11-9(6-10)4-5-18-11/h2-3,6H,4-5,7-8H2,1H3,(H,16,17). The van der Waals surface area contributed by atoms with Crippen LogP contribution in [0.5, 0.6) is 5.75 Å². The summed E-state index contributed by atoms with van der Waals surface area (Å²) in [5.74, 6) is 1.25. The molecule has 1 heterocycles. The zero-order valence-corrected chi connectivity index (χ0v) is 11.6. The molecule has 0 saturated heterocycles. The van der Waals surface area contributed by atoms with Crippen molar-refractivity contribution in [1.82, 2.24) is 5.32 Å². The fourth-order valence-corrected chi connectivity index (χ4v) is 2.20. The lowest BCUT2D eigenvalue weighted by atomic mass is 10.0. The zero-order chi connectivity index (χ0) is 13.2. The number of nitrogens with one attached hydrogen (secondary N) is 1. The Bertz CT molecular complexity index is 458. The van der Waals surface area contributed by atoms with Gasteiger partial charge in [0.15, 0.2) is 0 Å². The fraction of sp³-hybridized carbons (Fsp3) is 0.462. The number of carbonyl (C=O) groups is 1. The summed E-state index contributed by atoms with van der Waals surface area (Å²) < 4.78 is 5.40. The molecule has 1 amide bonds. The van der Waals surface area contributed by atoms with Crippen LogP contribution in [-0.2, 0) is 6.42 Å². The van der Waals surface area contributed by atoms with Crippen LogP contribution in [0.2, 0.25) is 0 Å². The van der Waals surface area contributed by atoms with Crippen LogP contribution in [0.25, 0.3) is 0 Å². The first kappa shape index (κ1) is 13.5. The number of ether oxygens (including phenoxy) is 1. The highest BCUT2D eigenvalue weighted by Gasteiger charge is 2.25. The van der Waals surface area contributed by atoms with Crippen LogP contribution in [0.1, 0.15) is 22.8 Å². The third-order valence-electron chi connectivity index (χ3n) is 2.96. The molecule has 98 valence electrons. The highest BCUT2D eigenvalue weighted by molar-refractivity contribution is 6.22. The van der Waals surface area contributed by atoms with Crippen LogP contribution >= 0.6 is 23.2 Å². The van der Waals surface area contributed by atoms with E-state index < -0.39 is 5.54 Å². The Hall–Kier alpha value is -0.930. The van der Waals surface area contributed by atoms with Crippen LogP contribution in [0.4, 0.5) is 0 Å². The number of hydrogen-bond donors (Lipinski definition) is 1. The van der Waals surface area contributed by atoms with Crippen molar-refractivity contribution >= 4 is 29.1 Å². The molecular formula is C13H15Cl2NO2. The average molecular weight is 288 g/mol. The third-order valence-corrected chi connectivity index (χ3v) is 4.14. The Balaban J connectivity index is 2.14. The van der Waals surface area contributed by atoms with Gasteiger partial charge in [0.05, 0.1) is 12.1 Å². The largest absolute Gasteiger partial charge is 0.493 e. The molecule has 0 atom stereocenters. The van der Waals surface area contributed by atoms with Crippen molar-refractivity contribution in [2.24, 2.45) is 0 Å². The van der Waals surface area contributed by atoms with Crippen molar-refractivity contribution < 1.29 is 9.53 Å². The van der Waals surface area contributed by atoms with Crippen LogP contribution < -0.4 is 10.1 Å². The van der Waals surface area contributed by atoms with Crippen molar-refractivity contribution in [3.05, 3.63) is 29.3 Å². The number of fused-ring (bicyclic) bond motifs is 1. The lowest BCUT2D eigenvalue weighted by Gasteiger charge is -2.25. The molecule has 0 unspecified atom stereocenters. The number of benzene rings is 1. The van der Waals surface area contributed by atoms with E-state index in [2.05, 4.69) is 5.32 Å². The van der Waals surface area contributed by atoms with Crippen molar-refractivity contribution in [2.45, 2.75) is 18.9 Å². The number of carbonyl (C=O) groups excluding carboxylic acids is 1. The van der Waals surface area contributed by atoms with Gasteiger partial charge in [-0.3, -0.25) is 4.79 Å². The predicted molar refractivity (Wildman–Crippen MR) is 73.0 cm³/mol. The Morgan fingerprint density at radius 3 is 2.83 bits per heavy atom. The summed E-state index contributed by atoms with van der Waals surface area (Å²) in [6, 6.07) is 5.44. The third kappa shape index (κ3) is 2.73. The average Bonchev–Trinajstić information content (AvgIpc) is 2.85. The summed E-state index contributed by atoms with van der Waals surface area (Å²) in [4.78, 5) is 12.1. The summed E-state index contributed by atoms with van der Waals surface area (Å²) >= 11 is 11.6. The van der Waals surface area contributed by atoms with E-state index in [1.54, 1.807) is 6.07 Å². The first-order chi connectivity index (χ1) is 8.58. The molecule has 1 aromatic rings. The van der Waals surface area contributed by atoms with Crippen molar-refractivity contribution in [1.29, 1.82) is 0 Å². The number of halogens is 2. The molecular weight excluding hydrogens is 273 g/mol. The molecule has 0 radical (unpaired) electrons. The van der Waals surface area contributed by atoms with Crippen LogP contribution in [-0.4, -0.2) is 29.8 Å². The van der Waals surface area contributed by atoms with E-state index in [-0.39, 0.29) is 17.7 Å². The minimum absolute atomic E-state index is 0.159. The van der Waals surface area contributed by atoms with E-state index in [4.69, 9.17) is 27.9 Å². The second-order valence-electron chi connectivity index (χ2n) is 4.70. The minimum Gasteiger partial charge on any atom is -0.493 e. The Kier molecular flexibility index (Phi) is 4.03. The molecule has 1 N–H and O–H groups in total. The van der Waals surface area contributed by atoms with Gasteiger partial charge in [0.2, 0.25) is 0 Å². The minimum atomic E-state index is -0.588. The maximum atomic E-state index is 12.1. The van der Waals surface area contributed by atoms with Gasteiger partial charge in [0.1, 0.15) is 5.75 Å². The molecule has 0 bridgehead atoms. The Morgan fingerprint density at radius 1 is 1.44 bits per heavy atom. The van der Waals surface area contributed by atoms with Crippen LogP contribution in [0, 0.1) is 0 Å². The van der Waals surface area contributed by atoms with Gasteiger partial charge in [-0.2, -0.15) is 0 Å². The highest BCUT2D eigenvalue weighted by Crippen LogP contribution is 2.26. The van der Waals surface area contributed by atoms with Gasteiger partial charge in [-0.05, 0) is 30.7 Å². The molecule has 5 heteroatoms. The normalized spacial score (nSPS) is 13.9. The molecule has 2 rings (SSSR count). The second kappa shape index (κ2) is 5.37. The fourth-order valence-electron chi connectivity index (χ4n) is 1.78. The molecule has 0 aromatic heterocycles. The van der Waals surface area contributed by atoms with Gasteiger partial charge in [-0.15, -0.1) is 23.2 Å². The monoisotopic (exact) mass is 287 g/mol. The first-order valence-corrected chi connectivity index (χ1v) is 6.85. The quantitative estimate of drug-likeness (QED) is 0.865. The summed E-state index contributed by atoms with van der Waals surface area (Å²) in [5, 5.41) is 2.86. The molecule has 3 nitrogen and oxygen atoms in total. The van der Waals surface area contributed by atoms with Gasteiger partial charge < -0.3 is 10.1 Å². The number of hydrogen-bond acceptors (Lipinski definition) is 2. The van der Waals surface area contributed by atoms with Gasteiger partial charge in [0.25, 0.3) is 5.91 Å². The van der Waals surface area contributed by atoms with Gasteiger partial charge >= 0.3 is 0 Å². The second-order valence-corrected chi connectivity index (χ2v) is 5.24. The SMILES string of the molecule is CC(CCl)(CCl)NC(=O)c1ccc2c(c1)CCO2. The molecule has 18 heavy (non-hydrogen) atoms. The van der Waals surface area contributed by atoms with Crippen molar-refractivity contribution in [3.63, 3.8) is 0 Å². The Labute approximate surface area is 116 Å². The molecule has 0 spiro atoms. The number of rotatable bonds is 4. The summed E-state index contributed by atoms with van der Waals surface area (Å²) in [5.41, 5.74) is 1.09. The molecule has 1 aromatic carbocycles. The van der Waals surface area contributed by atoms with E-state index in [1.165, 1.54) is 0 Å². The number of alkyl halides is 2.